The van der Waals surface area contributed by atoms with Gasteiger partial charge in [0.1, 0.15) is 0 Å². The minimum absolute atomic E-state index is 0.00449. The fraction of sp³-hybridized carbons (Fsp3) is 0.909. The second-order valence-electron chi connectivity index (χ2n) is 4.76. The van der Waals surface area contributed by atoms with E-state index in [9.17, 15) is 5.11 Å². The van der Waals surface area contributed by atoms with Crippen LogP contribution in [0.3, 0.4) is 0 Å². The molecule has 0 amide bonds. The van der Waals surface area contributed by atoms with Gasteiger partial charge in [0.15, 0.2) is 0 Å². The molecular weight excluding hydrogens is 176 g/mol. The molecule has 0 aliphatic heterocycles. The van der Waals surface area contributed by atoms with Crippen LogP contribution in [0.15, 0.2) is 0 Å². The summed E-state index contributed by atoms with van der Waals surface area (Å²) in [4.78, 5) is 0. The number of rotatable bonds is 6. The van der Waals surface area contributed by atoms with Crippen molar-refractivity contribution < 1.29 is 5.11 Å². The third-order valence-corrected chi connectivity index (χ3v) is 2.02. The van der Waals surface area contributed by atoms with Gasteiger partial charge >= 0.3 is 0 Å². The topological polar surface area (TPSA) is 56.0 Å². The van der Waals surface area contributed by atoms with Crippen molar-refractivity contribution in [2.45, 2.75) is 39.7 Å². The van der Waals surface area contributed by atoms with Crippen LogP contribution in [0.1, 0.15) is 34.1 Å². The van der Waals surface area contributed by atoms with Gasteiger partial charge in [-0.2, -0.15) is 5.26 Å². The highest BCUT2D eigenvalue weighted by Gasteiger charge is 2.21. The van der Waals surface area contributed by atoms with Gasteiger partial charge in [0.2, 0.25) is 0 Å². The molecule has 82 valence electrons. The van der Waals surface area contributed by atoms with Gasteiger partial charge in [0, 0.05) is 13.1 Å². The first-order chi connectivity index (χ1) is 6.37. The Hall–Kier alpha value is -0.590. The minimum Gasteiger partial charge on any atom is -0.389 e. The van der Waals surface area contributed by atoms with Crippen LogP contribution in [0.4, 0.5) is 0 Å². The molecule has 2 unspecified atom stereocenters. The summed E-state index contributed by atoms with van der Waals surface area (Å²) in [6, 6.07) is 2.15. The molecule has 2 N–H and O–H groups in total. The zero-order chi connectivity index (χ0) is 11.2. The van der Waals surface area contributed by atoms with Gasteiger partial charge in [-0.05, 0) is 26.2 Å². The Kier molecular flexibility index (Phi) is 5.75. The van der Waals surface area contributed by atoms with Gasteiger partial charge in [0.25, 0.3) is 0 Å². The zero-order valence-corrected chi connectivity index (χ0v) is 9.67. The molecule has 0 saturated heterocycles. The number of nitrogens with zero attached hydrogens (tertiary/aromatic N) is 1. The molecule has 0 radical (unpaired) electrons. The van der Waals surface area contributed by atoms with Gasteiger partial charge < -0.3 is 10.4 Å². The fourth-order valence-corrected chi connectivity index (χ4v) is 1.56. The normalized spacial score (nSPS) is 17.5. The predicted octanol–water partition coefficient (Wildman–Crippen LogP) is 1.53. The first-order valence-corrected chi connectivity index (χ1v) is 5.20. The largest absolute Gasteiger partial charge is 0.389 e. The van der Waals surface area contributed by atoms with Crippen LogP contribution in [0.5, 0.6) is 0 Å². The van der Waals surface area contributed by atoms with Gasteiger partial charge in [-0.15, -0.1) is 0 Å². The van der Waals surface area contributed by atoms with Crippen molar-refractivity contribution in [3.63, 3.8) is 0 Å². The highest BCUT2D eigenvalue weighted by Crippen LogP contribution is 2.14. The average molecular weight is 198 g/mol. The Morgan fingerprint density at radius 2 is 2.00 bits per heavy atom. The van der Waals surface area contributed by atoms with E-state index in [0.29, 0.717) is 19.0 Å². The third kappa shape index (κ3) is 6.88. The summed E-state index contributed by atoms with van der Waals surface area (Å²) in [5.41, 5.74) is -0.663. The van der Waals surface area contributed by atoms with E-state index in [0.717, 1.165) is 6.42 Å². The number of nitrogens with one attached hydrogen (secondary N) is 1. The molecule has 0 aliphatic carbocycles. The van der Waals surface area contributed by atoms with Crippen LogP contribution in [0.25, 0.3) is 0 Å². The molecule has 0 saturated carbocycles. The molecule has 0 rings (SSSR count). The van der Waals surface area contributed by atoms with Crippen molar-refractivity contribution in [3.8, 4) is 6.07 Å². The fourth-order valence-electron chi connectivity index (χ4n) is 1.56. The minimum atomic E-state index is -0.663. The Morgan fingerprint density at radius 3 is 2.43 bits per heavy atom. The first-order valence-electron chi connectivity index (χ1n) is 5.20. The Labute approximate surface area is 87.1 Å². The Bertz CT molecular complexity index is 194. The first kappa shape index (κ1) is 13.4. The maximum Gasteiger partial charge on any atom is 0.0746 e. The van der Waals surface area contributed by atoms with Crippen molar-refractivity contribution in [1.29, 1.82) is 5.26 Å². The highest BCUT2D eigenvalue weighted by atomic mass is 16.3. The molecule has 14 heavy (non-hydrogen) atoms. The van der Waals surface area contributed by atoms with Crippen molar-refractivity contribution in [3.05, 3.63) is 0 Å². The molecule has 0 spiro atoms. The smallest absolute Gasteiger partial charge is 0.0746 e. The second-order valence-corrected chi connectivity index (χ2v) is 4.76. The predicted molar refractivity (Wildman–Crippen MR) is 57.7 cm³/mol. The van der Waals surface area contributed by atoms with Crippen LogP contribution in [-0.2, 0) is 0 Å². The lowest BCUT2D eigenvalue weighted by molar-refractivity contribution is 0.0384. The summed E-state index contributed by atoms with van der Waals surface area (Å²) in [5.74, 6) is 0.491. The van der Waals surface area contributed by atoms with Crippen molar-refractivity contribution in [2.24, 2.45) is 11.8 Å². The Balaban J connectivity index is 3.72. The summed E-state index contributed by atoms with van der Waals surface area (Å²) in [7, 11) is 0. The lowest BCUT2D eigenvalue weighted by Gasteiger charge is -2.25. The van der Waals surface area contributed by atoms with Crippen molar-refractivity contribution in [1.82, 2.24) is 5.32 Å². The lowest BCUT2D eigenvalue weighted by atomic mass is 9.94. The van der Waals surface area contributed by atoms with Gasteiger partial charge in [-0.25, -0.2) is 0 Å². The molecule has 0 aromatic heterocycles. The van der Waals surface area contributed by atoms with E-state index in [1.165, 1.54) is 0 Å². The van der Waals surface area contributed by atoms with E-state index >= 15 is 0 Å². The van der Waals surface area contributed by atoms with Crippen molar-refractivity contribution in [2.75, 3.05) is 13.1 Å². The van der Waals surface area contributed by atoms with Gasteiger partial charge in [0.05, 0.1) is 17.6 Å². The highest BCUT2D eigenvalue weighted by molar-refractivity contribution is 4.82. The monoisotopic (exact) mass is 198 g/mol. The standard InChI is InChI=1S/C11H22N2O/c1-9(2)5-11(4,14)8-13-7-10(3)6-12/h9-10,13-14H,5,7-8H2,1-4H3. The number of aliphatic hydroxyl groups is 1. The Morgan fingerprint density at radius 1 is 1.43 bits per heavy atom. The maximum atomic E-state index is 9.93. The summed E-state index contributed by atoms with van der Waals surface area (Å²) in [6.07, 6.45) is 0.779. The van der Waals surface area contributed by atoms with Gasteiger partial charge in [-0.3, -0.25) is 0 Å². The third-order valence-electron chi connectivity index (χ3n) is 2.02. The van der Waals surface area contributed by atoms with Crippen LogP contribution in [0, 0.1) is 23.2 Å². The molecular formula is C11H22N2O. The molecule has 0 aromatic rings. The van der Waals surface area contributed by atoms with Crippen molar-refractivity contribution >= 4 is 0 Å². The number of hydrogen-bond donors (Lipinski definition) is 2. The van der Waals surface area contributed by atoms with Crippen LogP contribution >= 0.6 is 0 Å². The molecule has 2 atom stereocenters. The molecule has 0 aromatic carbocycles. The number of nitriles is 1. The summed E-state index contributed by atoms with van der Waals surface area (Å²) >= 11 is 0. The van der Waals surface area contributed by atoms with E-state index < -0.39 is 5.60 Å². The SMILES string of the molecule is CC(C)CC(C)(O)CNCC(C)C#N. The molecule has 3 nitrogen and oxygen atoms in total. The van der Waals surface area contributed by atoms with E-state index in [2.05, 4.69) is 25.2 Å². The average Bonchev–Trinajstić information content (AvgIpc) is 2.01. The number of hydrogen-bond acceptors (Lipinski definition) is 3. The van der Waals surface area contributed by atoms with Crippen LogP contribution in [-0.4, -0.2) is 23.8 Å². The van der Waals surface area contributed by atoms with Crippen LogP contribution in [0.2, 0.25) is 0 Å². The zero-order valence-electron chi connectivity index (χ0n) is 9.67. The molecule has 0 bridgehead atoms. The van der Waals surface area contributed by atoms with E-state index in [1.807, 2.05) is 13.8 Å². The molecule has 3 heteroatoms. The summed E-state index contributed by atoms with van der Waals surface area (Å²) in [5, 5.41) is 21.6. The maximum absolute atomic E-state index is 9.93. The van der Waals surface area contributed by atoms with Crippen LogP contribution < -0.4 is 5.32 Å². The molecule has 0 aliphatic rings. The summed E-state index contributed by atoms with van der Waals surface area (Å²) in [6.45, 7) is 9.07. The molecule has 0 fully saturated rings. The van der Waals surface area contributed by atoms with E-state index in [-0.39, 0.29) is 5.92 Å². The van der Waals surface area contributed by atoms with E-state index in [4.69, 9.17) is 5.26 Å². The molecule has 0 heterocycles. The lowest BCUT2D eigenvalue weighted by Crippen LogP contribution is -2.40. The quantitative estimate of drug-likeness (QED) is 0.680. The van der Waals surface area contributed by atoms with E-state index in [1.54, 1.807) is 0 Å². The van der Waals surface area contributed by atoms with Gasteiger partial charge in [-0.1, -0.05) is 13.8 Å². The summed E-state index contributed by atoms with van der Waals surface area (Å²) < 4.78 is 0. The second kappa shape index (κ2) is 6.00.